The normalized spacial score (nSPS) is 26.0. The summed E-state index contributed by atoms with van der Waals surface area (Å²) in [4.78, 5) is 14.1. The van der Waals surface area contributed by atoms with Crippen LogP contribution in [0, 0.1) is 11.8 Å². The fourth-order valence-corrected chi connectivity index (χ4v) is 3.26. The lowest BCUT2D eigenvalue weighted by atomic mass is 9.99. The summed E-state index contributed by atoms with van der Waals surface area (Å²) in [5.74, 6) is 1.32. The van der Waals surface area contributed by atoms with Gasteiger partial charge in [0.05, 0.1) is 0 Å². The molecular formula is C16H21N3O. The van der Waals surface area contributed by atoms with Crippen LogP contribution < -0.4 is 10.3 Å². The van der Waals surface area contributed by atoms with Crippen molar-refractivity contribution in [1.82, 2.24) is 5.43 Å². The lowest BCUT2D eigenvalue weighted by molar-refractivity contribution is 0.0954. The van der Waals surface area contributed by atoms with Crippen molar-refractivity contribution in [3.05, 3.63) is 29.8 Å². The summed E-state index contributed by atoms with van der Waals surface area (Å²) in [5.41, 5.74) is 5.64. The summed E-state index contributed by atoms with van der Waals surface area (Å²) in [5, 5.41) is 4.35. The maximum absolute atomic E-state index is 12.1. The Morgan fingerprint density at radius 1 is 1.25 bits per heavy atom. The summed E-state index contributed by atoms with van der Waals surface area (Å²) in [7, 11) is 3.96. The predicted octanol–water partition coefficient (Wildman–Crippen LogP) is 2.66. The molecule has 2 atom stereocenters. The fourth-order valence-electron chi connectivity index (χ4n) is 3.26. The first kappa shape index (κ1) is 13.2. The number of amides is 1. The van der Waals surface area contributed by atoms with Crippen molar-refractivity contribution < 1.29 is 4.79 Å². The van der Waals surface area contributed by atoms with Gasteiger partial charge < -0.3 is 4.90 Å². The van der Waals surface area contributed by atoms with Crippen molar-refractivity contribution >= 4 is 17.3 Å². The Morgan fingerprint density at radius 2 is 2.00 bits per heavy atom. The number of carbonyl (C=O) groups is 1. The van der Waals surface area contributed by atoms with Gasteiger partial charge in [0, 0.05) is 31.1 Å². The van der Waals surface area contributed by atoms with E-state index >= 15 is 0 Å². The first-order chi connectivity index (χ1) is 9.63. The molecule has 2 aliphatic rings. The Labute approximate surface area is 119 Å². The standard InChI is InChI=1S/C16H21N3O/c1-19(2)14-7-5-12(6-8-14)16(20)18-17-15-10-11-3-4-13(15)9-11/h5-8,11,13H,3-4,9-10H2,1-2H3,(H,18,20)/b17-15-/t11-,13+/m1/s1. The Hall–Kier alpha value is -1.84. The highest BCUT2D eigenvalue weighted by Gasteiger charge is 2.36. The van der Waals surface area contributed by atoms with E-state index < -0.39 is 0 Å². The maximum Gasteiger partial charge on any atom is 0.271 e. The van der Waals surface area contributed by atoms with Gasteiger partial charge in [0.2, 0.25) is 0 Å². The number of hydrazone groups is 1. The molecule has 106 valence electrons. The quantitative estimate of drug-likeness (QED) is 0.859. The van der Waals surface area contributed by atoms with Crippen LogP contribution >= 0.6 is 0 Å². The van der Waals surface area contributed by atoms with Crippen LogP contribution in [-0.4, -0.2) is 25.7 Å². The van der Waals surface area contributed by atoms with Crippen LogP contribution in [0.2, 0.25) is 0 Å². The fraction of sp³-hybridized carbons (Fsp3) is 0.500. The van der Waals surface area contributed by atoms with Gasteiger partial charge in [0.25, 0.3) is 5.91 Å². The smallest absolute Gasteiger partial charge is 0.271 e. The van der Waals surface area contributed by atoms with E-state index in [1.807, 2.05) is 43.3 Å². The summed E-state index contributed by atoms with van der Waals surface area (Å²) < 4.78 is 0. The van der Waals surface area contributed by atoms with Gasteiger partial charge in [-0.15, -0.1) is 0 Å². The van der Waals surface area contributed by atoms with Crippen LogP contribution in [0.4, 0.5) is 5.69 Å². The summed E-state index contributed by atoms with van der Waals surface area (Å²) in [6.07, 6.45) is 4.93. The highest BCUT2D eigenvalue weighted by atomic mass is 16.2. The lowest BCUT2D eigenvalue weighted by Crippen LogP contribution is -2.22. The molecule has 4 nitrogen and oxygen atoms in total. The first-order valence-corrected chi connectivity index (χ1v) is 7.27. The Balaban J connectivity index is 1.63. The molecule has 3 rings (SSSR count). The van der Waals surface area contributed by atoms with Crippen molar-refractivity contribution in [1.29, 1.82) is 0 Å². The second-order valence-corrected chi connectivity index (χ2v) is 6.07. The van der Waals surface area contributed by atoms with Crippen molar-refractivity contribution in [2.75, 3.05) is 19.0 Å². The zero-order chi connectivity index (χ0) is 14.1. The number of hydrogen-bond acceptors (Lipinski definition) is 3. The number of anilines is 1. The number of hydrogen-bond donors (Lipinski definition) is 1. The second kappa shape index (κ2) is 5.27. The van der Waals surface area contributed by atoms with Crippen molar-refractivity contribution in [2.24, 2.45) is 16.9 Å². The molecule has 0 unspecified atom stereocenters. The molecule has 2 fully saturated rings. The zero-order valence-electron chi connectivity index (χ0n) is 12.1. The van der Waals surface area contributed by atoms with Gasteiger partial charge in [0.1, 0.15) is 0 Å². The molecule has 0 aromatic heterocycles. The second-order valence-electron chi connectivity index (χ2n) is 6.07. The van der Waals surface area contributed by atoms with Crippen LogP contribution in [0.3, 0.4) is 0 Å². The van der Waals surface area contributed by atoms with Crippen LogP contribution in [0.1, 0.15) is 36.0 Å². The van der Waals surface area contributed by atoms with Crippen LogP contribution in [0.5, 0.6) is 0 Å². The molecule has 0 spiro atoms. The van der Waals surface area contributed by atoms with Crippen molar-refractivity contribution in [3.8, 4) is 0 Å². The van der Waals surface area contributed by atoms with E-state index in [4.69, 9.17) is 0 Å². The van der Waals surface area contributed by atoms with E-state index in [1.165, 1.54) is 25.0 Å². The Kier molecular flexibility index (Phi) is 3.47. The molecule has 4 heteroatoms. The van der Waals surface area contributed by atoms with E-state index in [0.717, 1.165) is 18.0 Å². The average Bonchev–Trinajstić information content (AvgIpc) is 3.07. The third kappa shape index (κ3) is 2.55. The number of nitrogens with one attached hydrogen (secondary N) is 1. The highest BCUT2D eigenvalue weighted by molar-refractivity contribution is 5.96. The predicted molar refractivity (Wildman–Crippen MR) is 81.1 cm³/mol. The minimum absolute atomic E-state index is 0.120. The SMILES string of the molecule is CN(C)c1ccc(C(=O)N/N=C2/C[C@@H]3CC[C@H]2C3)cc1. The van der Waals surface area contributed by atoms with Gasteiger partial charge in [-0.2, -0.15) is 5.10 Å². The highest BCUT2D eigenvalue weighted by Crippen LogP contribution is 2.42. The van der Waals surface area contributed by atoms with E-state index in [-0.39, 0.29) is 5.91 Å². The monoisotopic (exact) mass is 271 g/mol. The lowest BCUT2D eigenvalue weighted by Gasteiger charge is -2.13. The molecule has 1 aromatic carbocycles. The molecular weight excluding hydrogens is 250 g/mol. The Morgan fingerprint density at radius 3 is 2.55 bits per heavy atom. The summed E-state index contributed by atoms with van der Waals surface area (Å²) in [6.45, 7) is 0. The van der Waals surface area contributed by atoms with Gasteiger partial charge in [-0.25, -0.2) is 5.43 Å². The molecule has 1 N–H and O–H groups in total. The molecule has 20 heavy (non-hydrogen) atoms. The molecule has 0 aliphatic heterocycles. The summed E-state index contributed by atoms with van der Waals surface area (Å²) >= 11 is 0. The first-order valence-electron chi connectivity index (χ1n) is 7.27. The van der Waals surface area contributed by atoms with Crippen molar-refractivity contribution in [2.45, 2.75) is 25.7 Å². The minimum atomic E-state index is -0.120. The zero-order valence-corrected chi connectivity index (χ0v) is 12.1. The number of nitrogens with zero attached hydrogens (tertiary/aromatic N) is 2. The van der Waals surface area contributed by atoms with E-state index in [9.17, 15) is 4.79 Å². The van der Waals surface area contributed by atoms with Gasteiger partial charge in [0.15, 0.2) is 0 Å². The molecule has 0 radical (unpaired) electrons. The third-order valence-corrected chi connectivity index (χ3v) is 4.46. The van der Waals surface area contributed by atoms with Gasteiger partial charge in [-0.05, 0) is 61.8 Å². The van der Waals surface area contributed by atoms with Crippen LogP contribution in [-0.2, 0) is 0 Å². The molecule has 2 aliphatic carbocycles. The average molecular weight is 271 g/mol. The molecule has 2 saturated carbocycles. The topological polar surface area (TPSA) is 44.7 Å². The Bertz CT molecular complexity index is 533. The largest absolute Gasteiger partial charge is 0.378 e. The minimum Gasteiger partial charge on any atom is -0.378 e. The number of fused-ring (bicyclic) bond motifs is 2. The number of benzene rings is 1. The molecule has 0 saturated heterocycles. The van der Waals surface area contributed by atoms with Crippen molar-refractivity contribution in [3.63, 3.8) is 0 Å². The molecule has 0 heterocycles. The number of carbonyl (C=O) groups excluding carboxylic acids is 1. The number of rotatable bonds is 3. The molecule has 2 bridgehead atoms. The third-order valence-electron chi connectivity index (χ3n) is 4.46. The molecule has 1 aromatic rings. The van der Waals surface area contributed by atoms with Crippen LogP contribution in [0.15, 0.2) is 29.4 Å². The van der Waals surface area contributed by atoms with Gasteiger partial charge in [-0.1, -0.05) is 0 Å². The van der Waals surface area contributed by atoms with E-state index in [1.54, 1.807) is 0 Å². The van der Waals surface area contributed by atoms with E-state index in [0.29, 0.717) is 11.5 Å². The van der Waals surface area contributed by atoms with Gasteiger partial charge >= 0.3 is 0 Å². The van der Waals surface area contributed by atoms with E-state index in [2.05, 4.69) is 10.5 Å². The summed E-state index contributed by atoms with van der Waals surface area (Å²) in [6, 6.07) is 7.57. The van der Waals surface area contributed by atoms with Gasteiger partial charge in [-0.3, -0.25) is 4.79 Å². The maximum atomic E-state index is 12.1. The van der Waals surface area contributed by atoms with Crippen LogP contribution in [0.25, 0.3) is 0 Å². The molecule has 1 amide bonds.